The summed E-state index contributed by atoms with van der Waals surface area (Å²) in [7, 11) is 0. The van der Waals surface area contributed by atoms with Crippen LogP contribution in [0, 0.1) is 0 Å². The number of rotatable bonds is 7. The fourth-order valence-electron chi connectivity index (χ4n) is 1.96. The summed E-state index contributed by atoms with van der Waals surface area (Å²) in [6.45, 7) is 4.13. The molecule has 0 fully saturated rings. The Morgan fingerprint density at radius 3 is 2.63 bits per heavy atom. The average molecular weight is 265 g/mol. The molecule has 1 rings (SSSR count). The van der Waals surface area contributed by atoms with Gasteiger partial charge >= 0.3 is 0 Å². The maximum absolute atomic E-state index is 11.9. The van der Waals surface area contributed by atoms with Gasteiger partial charge < -0.3 is 15.5 Å². The molecule has 0 aromatic heterocycles. The van der Waals surface area contributed by atoms with E-state index in [1.165, 1.54) is 37.5 Å². The Bertz CT molecular complexity index is 418. The lowest BCUT2D eigenvalue weighted by atomic mass is 10.1. The molecule has 3 N–H and O–H groups in total. The van der Waals surface area contributed by atoms with Gasteiger partial charge in [-0.1, -0.05) is 32.6 Å². The molecule has 0 aliphatic rings. The van der Waals surface area contributed by atoms with Gasteiger partial charge in [0.05, 0.1) is 5.56 Å². The topological polar surface area (TPSA) is 69.6 Å². The third kappa shape index (κ3) is 5.20. The first-order valence-electron chi connectivity index (χ1n) is 6.87. The fraction of sp³-hybridized carbons (Fsp3) is 0.533. The van der Waals surface area contributed by atoms with E-state index in [0.29, 0.717) is 0 Å². The molecule has 0 aliphatic carbocycles. The summed E-state index contributed by atoms with van der Waals surface area (Å²) >= 11 is 0. The van der Waals surface area contributed by atoms with Gasteiger partial charge in [-0.15, -0.1) is 0 Å². The van der Waals surface area contributed by atoms with Gasteiger partial charge in [0.25, 0.3) is 5.91 Å². The van der Waals surface area contributed by atoms with Crippen LogP contribution in [0.25, 0.3) is 0 Å². The van der Waals surface area contributed by atoms with Crippen molar-refractivity contribution >= 4 is 5.91 Å². The van der Waals surface area contributed by atoms with Gasteiger partial charge in [0.15, 0.2) is 0 Å². The molecule has 19 heavy (non-hydrogen) atoms. The SMILES string of the molecule is CCCCCCC(C)NC(=O)c1ccc(O)cc1O. The summed E-state index contributed by atoms with van der Waals surface area (Å²) < 4.78 is 0. The molecule has 1 unspecified atom stereocenters. The highest BCUT2D eigenvalue weighted by atomic mass is 16.3. The average Bonchev–Trinajstić information content (AvgIpc) is 2.34. The Hall–Kier alpha value is -1.71. The first-order valence-corrected chi connectivity index (χ1v) is 6.87. The summed E-state index contributed by atoms with van der Waals surface area (Å²) in [6.07, 6.45) is 5.63. The van der Waals surface area contributed by atoms with Crippen LogP contribution in [0.3, 0.4) is 0 Å². The zero-order chi connectivity index (χ0) is 14.3. The Morgan fingerprint density at radius 2 is 2.00 bits per heavy atom. The third-order valence-corrected chi connectivity index (χ3v) is 3.09. The van der Waals surface area contributed by atoms with Crippen molar-refractivity contribution in [3.63, 3.8) is 0 Å². The first kappa shape index (κ1) is 15.3. The second-order valence-electron chi connectivity index (χ2n) is 4.93. The largest absolute Gasteiger partial charge is 0.508 e. The highest BCUT2D eigenvalue weighted by molar-refractivity contribution is 5.97. The number of phenols is 2. The maximum atomic E-state index is 11.9. The van der Waals surface area contributed by atoms with Crippen molar-refractivity contribution in [1.82, 2.24) is 5.32 Å². The molecule has 0 spiro atoms. The molecule has 4 heteroatoms. The van der Waals surface area contributed by atoms with Gasteiger partial charge in [0, 0.05) is 12.1 Å². The molecule has 0 saturated heterocycles. The van der Waals surface area contributed by atoms with Gasteiger partial charge in [-0.2, -0.15) is 0 Å². The van der Waals surface area contributed by atoms with Crippen LogP contribution in [-0.2, 0) is 0 Å². The standard InChI is InChI=1S/C15H23NO3/c1-3-4-5-6-7-11(2)16-15(19)13-9-8-12(17)10-14(13)18/h8-11,17-18H,3-7H2,1-2H3,(H,16,19). The monoisotopic (exact) mass is 265 g/mol. The predicted molar refractivity (Wildman–Crippen MR) is 75.5 cm³/mol. The minimum Gasteiger partial charge on any atom is -0.508 e. The quantitative estimate of drug-likeness (QED) is 0.663. The number of carbonyl (C=O) groups excluding carboxylic acids is 1. The van der Waals surface area contributed by atoms with Crippen molar-refractivity contribution in [2.24, 2.45) is 0 Å². The van der Waals surface area contributed by atoms with E-state index in [9.17, 15) is 15.0 Å². The van der Waals surface area contributed by atoms with Crippen LogP contribution in [-0.4, -0.2) is 22.2 Å². The summed E-state index contributed by atoms with van der Waals surface area (Å²) in [5, 5.41) is 21.6. The number of carbonyl (C=O) groups is 1. The van der Waals surface area contributed by atoms with Crippen molar-refractivity contribution in [2.75, 3.05) is 0 Å². The van der Waals surface area contributed by atoms with Crippen LogP contribution in [0.4, 0.5) is 0 Å². The van der Waals surface area contributed by atoms with Crippen molar-refractivity contribution < 1.29 is 15.0 Å². The van der Waals surface area contributed by atoms with Crippen LogP contribution in [0.1, 0.15) is 56.3 Å². The first-order chi connectivity index (χ1) is 9.04. The van der Waals surface area contributed by atoms with Crippen LogP contribution < -0.4 is 5.32 Å². The van der Waals surface area contributed by atoms with E-state index in [0.717, 1.165) is 12.8 Å². The van der Waals surface area contributed by atoms with E-state index in [2.05, 4.69) is 12.2 Å². The number of unbranched alkanes of at least 4 members (excludes halogenated alkanes) is 3. The normalized spacial score (nSPS) is 12.1. The molecule has 1 amide bonds. The fourth-order valence-corrected chi connectivity index (χ4v) is 1.96. The van der Waals surface area contributed by atoms with Gasteiger partial charge in [-0.25, -0.2) is 0 Å². The second-order valence-corrected chi connectivity index (χ2v) is 4.93. The zero-order valence-electron chi connectivity index (χ0n) is 11.6. The maximum Gasteiger partial charge on any atom is 0.255 e. The number of hydrogen-bond acceptors (Lipinski definition) is 3. The van der Waals surface area contributed by atoms with Crippen molar-refractivity contribution in [3.05, 3.63) is 23.8 Å². The molecule has 1 atom stereocenters. The van der Waals surface area contributed by atoms with Crippen LogP contribution in [0.5, 0.6) is 11.5 Å². The zero-order valence-corrected chi connectivity index (χ0v) is 11.6. The molecule has 0 aliphatic heterocycles. The molecular formula is C15H23NO3. The van der Waals surface area contributed by atoms with Crippen LogP contribution in [0.15, 0.2) is 18.2 Å². The van der Waals surface area contributed by atoms with E-state index >= 15 is 0 Å². The van der Waals surface area contributed by atoms with E-state index in [-0.39, 0.29) is 29.0 Å². The van der Waals surface area contributed by atoms with Crippen molar-refractivity contribution in [1.29, 1.82) is 0 Å². The number of amides is 1. The number of aromatic hydroxyl groups is 2. The van der Waals surface area contributed by atoms with Crippen molar-refractivity contribution in [2.45, 2.75) is 52.0 Å². The third-order valence-electron chi connectivity index (χ3n) is 3.09. The summed E-state index contributed by atoms with van der Waals surface area (Å²) in [6, 6.07) is 4.06. The lowest BCUT2D eigenvalue weighted by Gasteiger charge is -2.14. The molecule has 1 aromatic rings. The minimum atomic E-state index is -0.305. The van der Waals surface area contributed by atoms with Crippen LogP contribution in [0.2, 0.25) is 0 Å². The molecule has 1 aromatic carbocycles. The van der Waals surface area contributed by atoms with E-state index < -0.39 is 0 Å². The number of phenolic OH excluding ortho intramolecular Hbond substituents is 2. The Balaban J connectivity index is 2.45. The molecule has 106 valence electrons. The Labute approximate surface area is 114 Å². The van der Waals surface area contributed by atoms with Crippen LogP contribution >= 0.6 is 0 Å². The van der Waals surface area contributed by atoms with Gasteiger partial charge in [0.1, 0.15) is 11.5 Å². The summed E-state index contributed by atoms with van der Waals surface area (Å²) in [5.74, 6) is -0.558. The minimum absolute atomic E-state index is 0.0540. The lowest BCUT2D eigenvalue weighted by molar-refractivity contribution is 0.0935. The van der Waals surface area contributed by atoms with E-state index in [4.69, 9.17) is 0 Å². The molecule has 4 nitrogen and oxygen atoms in total. The Kier molecular flexibility index (Phi) is 6.19. The van der Waals surface area contributed by atoms with E-state index in [1.54, 1.807) is 0 Å². The highest BCUT2D eigenvalue weighted by Gasteiger charge is 2.13. The van der Waals surface area contributed by atoms with Gasteiger partial charge in [-0.05, 0) is 25.5 Å². The number of nitrogens with one attached hydrogen (secondary N) is 1. The number of hydrogen-bond donors (Lipinski definition) is 3. The second kappa shape index (κ2) is 7.67. The summed E-state index contributed by atoms with van der Waals surface area (Å²) in [5.41, 5.74) is 0.193. The lowest BCUT2D eigenvalue weighted by Crippen LogP contribution is -2.32. The summed E-state index contributed by atoms with van der Waals surface area (Å²) in [4.78, 5) is 11.9. The molecule has 0 heterocycles. The van der Waals surface area contributed by atoms with Gasteiger partial charge in [0.2, 0.25) is 0 Å². The smallest absolute Gasteiger partial charge is 0.255 e. The van der Waals surface area contributed by atoms with E-state index in [1.807, 2.05) is 6.92 Å². The number of benzene rings is 1. The van der Waals surface area contributed by atoms with Crippen molar-refractivity contribution in [3.8, 4) is 11.5 Å². The molecule has 0 bridgehead atoms. The highest BCUT2D eigenvalue weighted by Crippen LogP contribution is 2.22. The molecule has 0 saturated carbocycles. The molecule has 0 radical (unpaired) electrons. The van der Waals surface area contributed by atoms with Gasteiger partial charge in [-0.3, -0.25) is 4.79 Å². The predicted octanol–water partition coefficient (Wildman–Crippen LogP) is 3.19. The Morgan fingerprint density at radius 1 is 1.26 bits per heavy atom. The molecular weight excluding hydrogens is 242 g/mol.